The number of nitrogens with zero attached hydrogens (tertiary/aromatic N) is 3. The van der Waals surface area contributed by atoms with Crippen LogP contribution in [0.4, 0.5) is 0 Å². The van der Waals surface area contributed by atoms with E-state index in [2.05, 4.69) is 43.8 Å². The van der Waals surface area contributed by atoms with Crippen molar-refractivity contribution in [2.75, 3.05) is 26.3 Å². The average molecular weight is 295 g/mol. The minimum atomic E-state index is -0.415. The third-order valence-electron chi connectivity index (χ3n) is 4.62. The molecule has 0 bridgehead atoms. The molecule has 1 saturated heterocycles. The van der Waals surface area contributed by atoms with Crippen LogP contribution in [-0.2, 0) is 24.1 Å². The normalized spacial score (nSPS) is 18.9. The van der Waals surface area contributed by atoms with Gasteiger partial charge in [-0.3, -0.25) is 9.58 Å². The Morgan fingerprint density at radius 3 is 2.57 bits per heavy atom. The number of aryl methyl sites for hydroxylation is 2. The first-order valence-electron chi connectivity index (χ1n) is 8.05. The molecule has 1 aromatic heterocycles. The minimum absolute atomic E-state index is 0.251. The van der Waals surface area contributed by atoms with Crippen LogP contribution in [0.1, 0.15) is 39.1 Å². The van der Waals surface area contributed by atoms with Gasteiger partial charge in [0, 0.05) is 37.3 Å². The van der Waals surface area contributed by atoms with E-state index < -0.39 is 6.10 Å². The first kappa shape index (κ1) is 16.5. The molecule has 5 heteroatoms. The first-order chi connectivity index (χ1) is 9.98. The Morgan fingerprint density at radius 1 is 1.33 bits per heavy atom. The topological polar surface area (TPSA) is 50.5 Å². The van der Waals surface area contributed by atoms with Crippen molar-refractivity contribution in [3.63, 3.8) is 0 Å². The second kappa shape index (κ2) is 6.90. The van der Waals surface area contributed by atoms with E-state index in [4.69, 9.17) is 4.74 Å². The molecule has 1 aliphatic heterocycles. The van der Waals surface area contributed by atoms with Crippen LogP contribution in [0.25, 0.3) is 0 Å². The summed E-state index contributed by atoms with van der Waals surface area (Å²) >= 11 is 0. The number of aromatic nitrogens is 2. The summed E-state index contributed by atoms with van der Waals surface area (Å²) in [6.07, 6.45) is 1.16. The van der Waals surface area contributed by atoms with Crippen molar-refractivity contribution in [3.05, 3.63) is 17.5 Å². The van der Waals surface area contributed by atoms with E-state index in [9.17, 15) is 5.11 Å². The van der Waals surface area contributed by atoms with Gasteiger partial charge in [0.05, 0.1) is 25.0 Å². The number of morpholine rings is 1. The van der Waals surface area contributed by atoms with Crippen molar-refractivity contribution in [1.82, 2.24) is 14.7 Å². The molecule has 1 atom stereocenters. The van der Waals surface area contributed by atoms with Gasteiger partial charge in [-0.2, -0.15) is 5.10 Å². The van der Waals surface area contributed by atoms with E-state index in [0.717, 1.165) is 50.7 Å². The van der Waals surface area contributed by atoms with Crippen LogP contribution >= 0.6 is 0 Å². The average Bonchev–Trinajstić information content (AvgIpc) is 2.90. The summed E-state index contributed by atoms with van der Waals surface area (Å²) in [5.74, 6) is 0. The van der Waals surface area contributed by atoms with E-state index in [1.165, 1.54) is 0 Å². The Kier molecular flexibility index (Phi) is 5.41. The van der Waals surface area contributed by atoms with Crippen molar-refractivity contribution in [3.8, 4) is 0 Å². The van der Waals surface area contributed by atoms with Gasteiger partial charge in [-0.25, -0.2) is 0 Å². The lowest BCUT2D eigenvalue weighted by molar-refractivity contribution is -0.0616. The number of aliphatic hydroxyl groups is 1. The van der Waals surface area contributed by atoms with E-state index >= 15 is 0 Å². The van der Waals surface area contributed by atoms with Crippen molar-refractivity contribution in [1.29, 1.82) is 0 Å². The minimum Gasteiger partial charge on any atom is -0.391 e. The molecule has 2 heterocycles. The summed E-state index contributed by atoms with van der Waals surface area (Å²) < 4.78 is 7.42. The van der Waals surface area contributed by atoms with Crippen molar-refractivity contribution in [2.45, 2.75) is 58.7 Å². The van der Waals surface area contributed by atoms with Gasteiger partial charge in [-0.1, -0.05) is 6.92 Å². The van der Waals surface area contributed by atoms with E-state index in [1.54, 1.807) is 0 Å². The zero-order valence-electron chi connectivity index (χ0n) is 13.8. The maximum atomic E-state index is 10.8. The molecule has 1 aromatic rings. The second-order valence-corrected chi connectivity index (χ2v) is 6.27. The monoisotopic (exact) mass is 295 g/mol. The molecule has 2 rings (SSSR count). The fourth-order valence-corrected chi connectivity index (χ4v) is 2.92. The van der Waals surface area contributed by atoms with Crippen LogP contribution in [0.15, 0.2) is 6.07 Å². The highest BCUT2D eigenvalue weighted by molar-refractivity contribution is 5.13. The molecule has 1 fully saturated rings. The summed E-state index contributed by atoms with van der Waals surface area (Å²) in [5, 5.41) is 15.3. The number of aliphatic hydroxyl groups excluding tert-OH is 1. The third kappa shape index (κ3) is 3.65. The predicted octanol–water partition coefficient (Wildman–Crippen LogP) is 1.48. The van der Waals surface area contributed by atoms with Crippen LogP contribution in [0.3, 0.4) is 0 Å². The van der Waals surface area contributed by atoms with Crippen molar-refractivity contribution >= 4 is 0 Å². The molecule has 5 nitrogen and oxygen atoms in total. The van der Waals surface area contributed by atoms with Crippen LogP contribution in [0.5, 0.6) is 0 Å². The number of ether oxygens (including phenoxy) is 1. The molecule has 0 spiro atoms. The molecule has 0 amide bonds. The largest absolute Gasteiger partial charge is 0.391 e. The Hall–Kier alpha value is -0.910. The molecule has 0 aromatic carbocycles. The maximum Gasteiger partial charge on any atom is 0.0773 e. The van der Waals surface area contributed by atoms with Gasteiger partial charge in [-0.15, -0.1) is 0 Å². The Balaban J connectivity index is 2.08. The molecule has 120 valence electrons. The quantitative estimate of drug-likeness (QED) is 0.864. The van der Waals surface area contributed by atoms with Crippen LogP contribution < -0.4 is 0 Å². The molecule has 1 unspecified atom stereocenters. The van der Waals surface area contributed by atoms with Gasteiger partial charge in [-0.05, 0) is 33.3 Å². The summed E-state index contributed by atoms with van der Waals surface area (Å²) in [6, 6.07) is 2.13. The molecule has 0 aliphatic carbocycles. The number of hydrogen-bond donors (Lipinski definition) is 1. The van der Waals surface area contributed by atoms with Gasteiger partial charge < -0.3 is 9.84 Å². The highest BCUT2D eigenvalue weighted by Gasteiger charge is 2.35. The number of hydrogen-bond acceptors (Lipinski definition) is 4. The summed E-state index contributed by atoms with van der Waals surface area (Å²) in [6.45, 7) is 12.6. The Labute approximate surface area is 127 Å². The third-order valence-corrected chi connectivity index (χ3v) is 4.62. The second-order valence-electron chi connectivity index (χ2n) is 6.27. The summed E-state index contributed by atoms with van der Waals surface area (Å²) in [4.78, 5) is 2.33. The van der Waals surface area contributed by atoms with Crippen LogP contribution in [-0.4, -0.2) is 57.7 Å². The standard InChI is InChI=1S/C16H29N3O2/c1-5-13-11-14(19(6-2)17-13)12-15(20)16(3,4)18-7-9-21-10-8-18/h11,15,20H,5-10,12H2,1-4H3. The van der Waals surface area contributed by atoms with Crippen molar-refractivity contribution < 1.29 is 9.84 Å². The van der Waals surface area contributed by atoms with E-state index in [0.29, 0.717) is 6.42 Å². The lowest BCUT2D eigenvalue weighted by atomic mass is 9.91. The van der Waals surface area contributed by atoms with E-state index in [-0.39, 0.29) is 5.54 Å². The fraction of sp³-hybridized carbons (Fsp3) is 0.812. The van der Waals surface area contributed by atoms with Crippen molar-refractivity contribution in [2.24, 2.45) is 0 Å². The smallest absolute Gasteiger partial charge is 0.0773 e. The Bertz CT molecular complexity index is 450. The molecular formula is C16H29N3O2. The van der Waals surface area contributed by atoms with Gasteiger partial charge in [0.25, 0.3) is 0 Å². The SMILES string of the molecule is CCc1cc(CC(O)C(C)(C)N2CCOCC2)n(CC)n1. The summed E-state index contributed by atoms with van der Waals surface area (Å²) in [5.41, 5.74) is 1.98. The highest BCUT2D eigenvalue weighted by atomic mass is 16.5. The fourth-order valence-electron chi connectivity index (χ4n) is 2.92. The molecule has 1 aliphatic rings. The van der Waals surface area contributed by atoms with Gasteiger partial charge in [0.15, 0.2) is 0 Å². The Morgan fingerprint density at radius 2 is 2.00 bits per heavy atom. The zero-order valence-corrected chi connectivity index (χ0v) is 13.8. The maximum absolute atomic E-state index is 10.8. The predicted molar refractivity (Wildman–Crippen MR) is 83.5 cm³/mol. The molecule has 1 N–H and O–H groups in total. The van der Waals surface area contributed by atoms with Crippen LogP contribution in [0, 0.1) is 0 Å². The van der Waals surface area contributed by atoms with Gasteiger partial charge >= 0.3 is 0 Å². The molecule has 21 heavy (non-hydrogen) atoms. The van der Waals surface area contributed by atoms with E-state index in [1.807, 2.05) is 4.68 Å². The summed E-state index contributed by atoms with van der Waals surface area (Å²) in [7, 11) is 0. The molecular weight excluding hydrogens is 266 g/mol. The highest BCUT2D eigenvalue weighted by Crippen LogP contribution is 2.23. The van der Waals surface area contributed by atoms with Crippen LogP contribution in [0.2, 0.25) is 0 Å². The molecule has 0 radical (unpaired) electrons. The lowest BCUT2D eigenvalue weighted by Crippen LogP contribution is -2.56. The van der Waals surface area contributed by atoms with Gasteiger partial charge in [0.2, 0.25) is 0 Å². The zero-order chi connectivity index (χ0) is 15.5. The molecule has 0 saturated carbocycles. The first-order valence-corrected chi connectivity index (χ1v) is 8.05. The van der Waals surface area contributed by atoms with Gasteiger partial charge in [0.1, 0.15) is 0 Å². The number of rotatable bonds is 6. The lowest BCUT2D eigenvalue weighted by Gasteiger charge is -2.43.